The largest absolute Gasteiger partial charge is 0.490 e. The second kappa shape index (κ2) is 12.7. The van der Waals surface area contributed by atoms with Gasteiger partial charge in [0, 0.05) is 5.69 Å². The third kappa shape index (κ3) is 6.82. The molecule has 1 N–H and O–H groups in total. The van der Waals surface area contributed by atoms with E-state index in [0.717, 1.165) is 22.4 Å². The molecule has 3 aromatic carbocycles. The Morgan fingerprint density at radius 3 is 2.56 bits per heavy atom. The maximum Gasteiger partial charge on any atom is 0.266 e. The van der Waals surface area contributed by atoms with Crippen LogP contribution in [0, 0.1) is 13.8 Å². The second-order valence-corrected chi connectivity index (χ2v) is 11.1. The van der Waals surface area contributed by atoms with Crippen LogP contribution in [0.4, 0.5) is 5.69 Å². The summed E-state index contributed by atoms with van der Waals surface area (Å²) in [4.78, 5) is 28.0. The van der Waals surface area contributed by atoms with Crippen molar-refractivity contribution in [1.29, 1.82) is 0 Å². The van der Waals surface area contributed by atoms with Gasteiger partial charge in [-0.3, -0.25) is 14.5 Å². The zero-order valence-electron chi connectivity index (χ0n) is 22.1. The highest BCUT2D eigenvalue weighted by atomic mass is 35.5. The summed E-state index contributed by atoms with van der Waals surface area (Å²) in [5, 5.41) is 3.12. The van der Waals surface area contributed by atoms with Crippen molar-refractivity contribution in [3.05, 3.63) is 92.8 Å². The highest BCUT2D eigenvalue weighted by Crippen LogP contribution is 2.41. The molecular weight excluding hydrogens is 552 g/mol. The molecule has 1 atom stereocenters. The Morgan fingerprint density at radius 1 is 1.13 bits per heavy atom. The fourth-order valence-electron chi connectivity index (χ4n) is 4.20. The molecule has 9 heteroatoms. The maximum absolute atomic E-state index is 13.3. The highest BCUT2D eigenvalue weighted by molar-refractivity contribution is 8.26. The summed E-state index contributed by atoms with van der Waals surface area (Å²) >= 11 is 13.4. The molecule has 0 radical (unpaired) electrons. The molecule has 0 saturated carbocycles. The Bertz CT molecular complexity index is 1440. The Balaban J connectivity index is 1.51. The Labute approximate surface area is 243 Å². The van der Waals surface area contributed by atoms with Gasteiger partial charge >= 0.3 is 0 Å². The van der Waals surface area contributed by atoms with Gasteiger partial charge in [-0.1, -0.05) is 83.6 Å². The first kappa shape index (κ1) is 28.7. The van der Waals surface area contributed by atoms with E-state index in [9.17, 15) is 9.59 Å². The first-order valence-corrected chi connectivity index (χ1v) is 14.1. The van der Waals surface area contributed by atoms with Crippen molar-refractivity contribution < 1.29 is 19.1 Å². The molecule has 4 rings (SSSR count). The van der Waals surface area contributed by atoms with Gasteiger partial charge in [-0.15, -0.1) is 0 Å². The lowest BCUT2D eigenvalue weighted by Gasteiger charge is -2.23. The molecule has 6 nitrogen and oxygen atoms in total. The van der Waals surface area contributed by atoms with E-state index in [1.807, 2.05) is 76.2 Å². The molecule has 39 heavy (non-hydrogen) atoms. The minimum Gasteiger partial charge on any atom is -0.490 e. The molecule has 2 amide bonds. The van der Waals surface area contributed by atoms with E-state index < -0.39 is 0 Å². The highest BCUT2D eigenvalue weighted by Gasteiger charge is 2.36. The molecule has 1 saturated heterocycles. The van der Waals surface area contributed by atoms with E-state index in [2.05, 4.69) is 5.32 Å². The third-order valence-electron chi connectivity index (χ3n) is 6.13. The van der Waals surface area contributed by atoms with E-state index >= 15 is 0 Å². The predicted molar refractivity (Wildman–Crippen MR) is 163 cm³/mol. The number of nitrogens with zero attached hydrogens (tertiary/aromatic N) is 1. The van der Waals surface area contributed by atoms with Gasteiger partial charge in [-0.25, -0.2) is 0 Å². The number of nitrogens with one attached hydrogen (secondary N) is 1. The van der Waals surface area contributed by atoms with Crippen LogP contribution in [0.15, 0.2) is 65.6 Å². The van der Waals surface area contributed by atoms with E-state index in [-0.39, 0.29) is 35.2 Å². The summed E-state index contributed by atoms with van der Waals surface area (Å²) in [5.41, 5.74) is 4.45. The number of ether oxygens (including phenoxy) is 2. The van der Waals surface area contributed by atoms with Crippen LogP contribution in [0.25, 0.3) is 6.08 Å². The van der Waals surface area contributed by atoms with Crippen LogP contribution in [0.3, 0.4) is 0 Å². The first-order valence-electron chi connectivity index (χ1n) is 12.5. The summed E-state index contributed by atoms with van der Waals surface area (Å²) in [6.07, 6.45) is 1.74. The van der Waals surface area contributed by atoms with E-state index in [1.165, 1.54) is 11.8 Å². The van der Waals surface area contributed by atoms with Crippen LogP contribution in [-0.4, -0.2) is 34.2 Å². The van der Waals surface area contributed by atoms with Crippen LogP contribution in [0.1, 0.15) is 42.1 Å². The summed E-state index contributed by atoms with van der Waals surface area (Å²) in [6.45, 7) is 7.84. The molecule has 0 aliphatic carbocycles. The van der Waals surface area contributed by atoms with Crippen LogP contribution >= 0.6 is 35.6 Å². The minimum absolute atomic E-state index is 0.168. The smallest absolute Gasteiger partial charge is 0.266 e. The molecule has 3 aromatic rings. The van der Waals surface area contributed by atoms with Crippen molar-refractivity contribution >= 4 is 63.5 Å². The zero-order chi connectivity index (χ0) is 28.1. The predicted octanol–water partition coefficient (Wildman–Crippen LogP) is 7.34. The van der Waals surface area contributed by atoms with Gasteiger partial charge in [-0.05, 0) is 68.7 Å². The van der Waals surface area contributed by atoms with Crippen molar-refractivity contribution in [2.24, 2.45) is 0 Å². The molecular formula is C30H29ClN2O4S2. The van der Waals surface area contributed by atoms with Gasteiger partial charge in [0.2, 0.25) is 0 Å². The minimum atomic E-state index is -0.319. The summed E-state index contributed by atoms with van der Waals surface area (Å²) in [7, 11) is 0. The fourth-order valence-corrected chi connectivity index (χ4v) is 5.89. The molecule has 1 aliphatic rings. The lowest BCUT2D eigenvalue weighted by Crippen LogP contribution is -2.30. The second-order valence-electron chi connectivity index (χ2n) is 9.06. The number of carbonyl (C=O) groups excluding carboxylic acids is 2. The molecule has 0 bridgehead atoms. The number of aryl methyl sites for hydroxylation is 2. The van der Waals surface area contributed by atoms with Crippen molar-refractivity contribution in [2.45, 2.75) is 33.7 Å². The molecule has 1 heterocycles. The topological polar surface area (TPSA) is 67.9 Å². The van der Waals surface area contributed by atoms with Crippen molar-refractivity contribution in [3.8, 4) is 11.5 Å². The summed E-state index contributed by atoms with van der Waals surface area (Å²) in [6, 6.07) is 18.8. The van der Waals surface area contributed by atoms with Crippen LogP contribution in [0.2, 0.25) is 5.02 Å². The van der Waals surface area contributed by atoms with Crippen molar-refractivity contribution in [3.63, 3.8) is 0 Å². The monoisotopic (exact) mass is 580 g/mol. The number of amides is 2. The summed E-state index contributed by atoms with van der Waals surface area (Å²) in [5.74, 6) is 0.153. The van der Waals surface area contributed by atoms with E-state index in [0.29, 0.717) is 27.1 Å². The van der Waals surface area contributed by atoms with Crippen LogP contribution in [0.5, 0.6) is 11.5 Å². The first-order chi connectivity index (χ1) is 18.7. The number of halogens is 1. The van der Waals surface area contributed by atoms with Crippen LogP contribution in [-0.2, 0) is 9.59 Å². The van der Waals surface area contributed by atoms with Gasteiger partial charge in [0.25, 0.3) is 11.8 Å². The lowest BCUT2D eigenvalue weighted by atomic mass is 10.1. The average Bonchev–Trinajstić information content (AvgIpc) is 3.17. The molecule has 1 aliphatic heterocycles. The van der Waals surface area contributed by atoms with E-state index in [1.54, 1.807) is 23.1 Å². The normalized spacial score (nSPS) is 15.0. The van der Waals surface area contributed by atoms with Crippen molar-refractivity contribution in [1.82, 2.24) is 4.90 Å². The zero-order valence-corrected chi connectivity index (χ0v) is 24.5. The average molecular weight is 581 g/mol. The number of anilines is 1. The number of thiocarbonyl (C=S) groups is 1. The van der Waals surface area contributed by atoms with E-state index in [4.69, 9.17) is 33.3 Å². The number of rotatable bonds is 9. The molecule has 202 valence electrons. The number of hydrogen-bond donors (Lipinski definition) is 1. The summed E-state index contributed by atoms with van der Waals surface area (Å²) < 4.78 is 12.1. The molecule has 0 unspecified atom stereocenters. The van der Waals surface area contributed by atoms with Gasteiger partial charge < -0.3 is 14.8 Å². The standard InChI is InChI=1S/C30H29ClN2O4S2/c1-5-36-25-15-21(16-26-29(35)33(30(38)39-26)20(4)22-9-7-6-8-10-22)14-23(31)28(25)37-17-27(34)32-24-12-11-18(2)13-19(24)3/h6-16,20H,5,17H2,1-4H3,(H,32,34)/b26-16-/t20-/m0/s1. The molecule has 0 spiro atoms. The Hall–Kier alpha value is -3.33. The van der Waals surface area contributed by atoms with Crippen LogP contribution < -0.4 is 14.8 Å². The Kier molecular flexibility index (Phi) is 9.32. The Morgan fingerprint density at radius 2 is 1.87 bits per heavy atom. The number of carbonyl (C=O) groups is 2. The number of hydrogen-bond acceptors (Lipinski definition) is 6. The lowest BCUT2D eigenvalue weighted by molar-refractivity contribution is -0.123. The maximum atomic E-state index is 13.3. The van der Waals surface area contributed by atoms with Gasteiger partial charge in [0.1, 0.15) is 4.32 Å². The molecule has 1 fully saturated rings. The van der Waals surface area contributed by atoms with Gasteiger partial charge in [0.15, 0.2) is 18.1 Å². The SMILES string of the molecule is CCOc1cc(/C=C2\SC(=S)N([C@@H](C)c3ccccc3)C2=O)cc(Cl)c1OCC(=O)Nc1ccc(C)cc1C. The fraction of sp³-hybridized carbons (Fsp3) is 0.233. The molecule has 0 aromatic heterocycles. The van der Waals surface area contributed by atoms with Gasteiger partial charge in [-0.2, -0.15) is 0 Å². The quantitative estimate of drug-likeness (QED) is 0.211. The number of benzene rings is 3. The van der Waals surface area contributed by atoms with Crippen molar-refractivity contribution in [2.75, 3.05) is 18.5 Å². The van der Waals surface area contributed by atoms with Gasteiger partial charge in [0.05, 0.1) is 22.6 Å². The number of thioether (sulfide) groups is 1. The third-order valence-corrected chi connectivity index (χ3v) is 7.74.